The van der Waals surface area contributed by atoms with Crippen LogP contribution in [0.3, 0.4) is 0 Å². The fourth-order valence-electron chi connectivity index (χ4n) is 2.36. The first-order valence-corrected chi connectivity index (χ1v) is 8.59. The molecule has 1 heterocycles. The van der Waals surface area contributed by atoms with Crippen LogP contribution in [0.15, 0.2) is 29.2 Å². The Kier molecular flexibility index (Phi) is 9.36. The monoisotopic (exact) mass is 344 g/mol. The van der Waals surface area contributed by atoms with Crippen LogP contribution < -0.4 is 15.4 Å². The number of carbonyl (C=O) groups is 1. The molecule has 1 unspecified atom stereocenters. The molecule has 2 N–H and O–H groups in total. The van der Waals surface area contributed by atoms with Gasteiger partial charge in [-0.05, 0) is 63.0 Å². The Hall–Kier alpha value is -0.910. The standard InChI is InChI=1S/C16H24N2O2S.ClH/c1-2-20-14-5-7-15(8-6-14)21-12-16(19)18-11-13-4-3-9-17-10-13;/h5-8,13,17H,2-4,9-12H2,1H3,(H,18,19);1H. The fourth-order valence-corrected chi connectivity index (χ4v) is 3.08. The second-order valence-electron chi connectivity index (χ2n) is 5.21. The zero-order valence-electron chi connectivity index (χ0n) is 13.0. The largest absolute Gasteiger partial charge is 0.494 e. The van der Waals surface area contributed by atoms with Crippen molar-refractivity contribution in [2.75, 3.05) is 32.0 Å². The van der Waals surface area contributed by atoms with E-state index in [1.54, 1.807) is 11.8 Å². The molecule has 4 nitrogen and oxygen atoms in total. The van der Waals surface area contributed by atoms with E-state index >= 15 is 0 Å². The minimum Gasteiger partial charge on any atom is -0.494 e. The summed E-state index contributed by atoms with van der Waals surface area (Å²) in [7, 11) is 0. The maximum atomic E-state index is 11.9. The zero-order valence-corrected chi connectivity index (χ0v) is 14.6. The van der Waals surface area contributed by atoms with Gasteiger partial charge in [-0.3, -0.25) is 4.79 Å². The highest BCUT2D eigenvalue weighted by atomic mass is 35.5. The number of hydrogen-bond donors (Lipinski definition) is 2. The first kappa shape index (κ1) is 19.1. The lowest BCUT2D eigenvalue weighted by Crippen LogP contribution is -2.38. The van der Waals surface area contributed by atoms with E-state index < -0.39 is 0 Å². The molecule has 2 rings (SSSR count). The van der Waals surface area contributed by atoms with Gasteiger partial charge in [-0.25, -0.2) is 0 Å². The molecule has 0 saturated carbocycles. The van der Waals surface area contributed by atoms with E-state index in [0.29, 0.717) is 18.3 Å². The van der Waals surface area contributed by atoms with Gasteiger partial charge in [0.15, 0.2) is 0 Å². The molecule has 1 fully saturated rings. The molecule has 124 valence electrons. The molecule has 0 spiro atoms. The van der Waals surface area contributed by atoms with E-state index in [-0.39, 0.29) is 18.3 Å². The summed E-state index contributed by atoms with van der Waals surface area (Å²) in [5.41, 5.74) is 0. The highest BCUT2D eigenvalue weighted by Gasteiger charge is 2.13. The molecule has 1 amide bonds. The predicted octanol–water partition coefficient (Wildman–Crippen LogP) is 2.72. The molecular formula is C16H25ClN2O2S. The molecule has 1 aliphatic heterocycles. The van der Waals surface area contributed by atoms with Crippen molar-refractivity contribution in [1.29, 1.82) is 0 Å². The van der Waals surface area contributed by atoms with Gasteiger partial charge < -0.3 is 15.4 Å². The van der Waals surface area contributed by atoms with Gasteiger partial charge in [0, 0.05) is 11.4 Å². The lowest BCUT2D eigenvalue weighted by Gasteiger charge is -2.22. The van der Waals surface area contributed by atoms with Gasteiger partial charge >= 0.3 is 0 Å². The molecule has 0 aliphatic carbocycles. The van der Waals surface area contributed by atoms with Crippen LogP contribution in [-0.2, 0) is 4.79 Å². The number of thioether (sulfide) groups is 1. The normalized spacial score (nSPS) is 17.4. The number of hydrogen-bond acceptors (Lipinski definition) is 4. The Labute approximate surface area is 143 Å². The van der Waals surface area contributed by atoms with Crippen molar-refractivity contribution in [3.63, 3.8) is 0 Å². The molecule has 0 bridgehead atoms. The van der Waals surface area contributed by atoms with Gasteiger partial charge in [0.1, 0.15) is 5.75 Å². The van der Waals surface area contributed by atoms with Crippen molar-refractivity contribution in [2.45, 2.75) is 24.7 Å². The lowest BCUT2D eigenvalue weighted by molar-refractivity contribution is -0.118. The van der Waals surface area contributed by atoms with Gasteiger partial charge in [-0.2, -0.15) is 0 Å². The summed E-state index contributed by atoms with van der Waals surface area (Å²) >= 11 is 1.56. The molecule has 1 aromatic carbocycles. The van der Waals surface area contributed by atoms with Crippen LogP contribution in [0.25, 0.3) is 0 Å². The summed E-state index contributed by atoms with van der Waals surface area (Å²) in [5, 5.41) is 6.39. The minimum atomic E-state index is 0. The van der Waals surface area contributed by atoms with Crippen molar-refractivity contribution >= 4 is 30.1 Å². The Morgan fingerprint density at radius 3 is 2.82 bits per heavy atom. The summed E-state index contributed by atoms with van der Waals surface area (Å²) in [6.45, 7) is 5.56. The van der Waals surface area contributed by atoms with Crippen molar-refractivity contribution in [3.8, 4) is 5.75 Å². The maximum Gasteiger partial charge on any atom is 0.230 e. The minimum absolute atomic E-state index is 0. The zero-order chi connectivity index (χ0) is 14.9. The van der Waals surface area contributed by atoms with Crippen LogP contribution in [-0.4, -0.2) is 37.9 Å². The molecule has 6 heteroatoms. The Bertz CT molecular complexity index is 436. The highest BCUT2D eigenvalue weighted by molar-refractivity contribution is 8.00. The average molecular weight is 345 g/mol. The number of halogens is 1. The number of ether oxygens (including phenoxy) is 1. The molecule has 1 atom stereocenters. The van der Waals surface area contributed by atoms with Gasteiger partial charge in [-0.15, -0.1) is 24.2 Å². The molecule has 0 aromatic heterocycles. The van der Waals surface area contributed by atoms with E-state index in [0.717, 1.165) is 30.3 Å². The van der Waals surface area contributed by atoms with Crippen LogP contribution in [0.5, 0.6) is 5.75 Å². The van der Waals surface area contributed by atoms with E-state index in [2.05, 4.69) is 10.6 Å². The number of piperidine rings is 1. The van der Waals surface area contributed by atoms with E-state index in [9.17, 15) is 4.79 Å². The molecular weight excluding hydrogens is 320 g/mol. The second-order valence-corrected chi connectivity index (χ2v) is 6.26. The Morgan fingerprint density at radius 2 is 2.18 bits per heavy atom. The third kappa shape index (κ3) is 6.90. The van der Waals surface area contributed by atoms with Gasteiger partial charge in [0.25, 0.3) is 0 Å². The van der Waals surface area contributed by atoms with Crippen molar-refractivity contribution in [3.05, 3.63) is 24.3 Å². The molecule has 1 saturated heterocycles. The van der Waals surface area contributed by atoms with E-state index in [1.165, 1.54) is 12.8 Å². The Morgan fingerprint density at radius 1 is 1.41 bits per heavy atom. The van der Waals surface area contributed by atoms with Crippen molar-refractivity contribution < 1.29 is 9.53 Å². The first-order chi connectivity index (χ1) is 10.3. The molecule has 1 aromatic rings. The first-order valence-electron chi connectivity index (χ1n) is 7.61. The summed E-state index contributed by atoms with van der Waals surface area (Å²) < 4.78 is 5.40. The number of benzene rings is 1. The number of carbonyl (C=O) groups excluding carboxylic acids is 1. The van der Waals surface area contributed by atoms with Crippen molar-refractivity contribution in [1.82, 2.24) is 10.6 Å². The maximum absolute atomic E-state index is 11.9. The quantitative estimate of drug-likeness (QED) is 0.747. The number of nitrogens with one attached hydrogen (secondary N) is 2. The SMILES string of the molecule is CCOc1ccc(SCC(=O)NCC2CCCNC2)cc1.Cl. The average Bonchev–Trinajstić information content (AvgIpc) is 2.53. The number of rotatable bonds is 7. The fraction of sp³-hybridized carbons (Fsp3) is 0.562. The van der Waals surface area contributed by atoms with E-state index in [4.69, 9.17) is 4.74 Å². The van der Waals surface area contributed by atoms with Crippen LogP contribution in [0.1, 0.15) is 19.8 Å². The smallest absolute Gasteiger partial charge is 0.230 e. The number of amides is 1. The third-order valence-corrected chi connectivity index (χ3v) is 4.50. The van der Waals surface area contributed by atoms with Crippen LogP contribution >= 0.6 is 24.2 Å². The summed E-state index contributed by atoms with van der Waals surface area (Å²) in [4.78, 5) is 12.9. The highest BCUT2D eigenvalue weighted by Crippen LogP contribution is 2.21. The van der Waals surface area contributed by atoms with Crippen LogP contribution in [0.4, 0.5) is 0 Å². The second kappa shape index (κ2) is 10.8. The summed E-state index contributed by atoms with van der Waals surface area (Å²) in [6.07, 6.45) is 2.42. The topological polar surface area (TPSA) is 50.4 Å². The van der Waals surface area contributed by atoms with Crippen LogP contribution in [0, 0.1) is 5.92 Å². The molecule has 0 radical (unpaired) electrons. The van der Waals surface area contributed by atoms with E-state index in [1.807, 2.05) is 31.2 Å². The summed E-state index contributed by atoms with van der Waals surface area (Å²) in [6, 6.07) is 7.87. The van der Waals surface area contributed by atoms with Gasteiger partial charge in [-0.1, -0.05) is 0 Å². The third-order valence-electron chi connectivity index (χ3n) is 3.49. The molecule has 1 aliphatic rings. The van der Waals surface area contributed by atoms with Crippen molar-refractivity contribution in [2.24, 2.45) is 5.92 Å². The van der Waals surface area contributed by atoms with Gasteiger partial charge in [0.2, 0.25) is 5.91 Å². The molecule has 22 heavy (non-hydrogen) atoms. The predicted molar refractivity (Wildman–Crippen MR) is 94.2 cm³/mol. The van der Waals surface area contributed by atoms with Gasteiger partial charge in [0.05, 0.1) is 12.4 Å². The lowest BCUT2D eigenvalue weighted by atomic mass is 10.00. The summed E-state index contributed by atoms with van der Waals surface area (Å²) in [5.74, 6) is 2.03. The van der Waals surface area contributed by atoms with Crippen LogP contribution in [0.2, 0.25) is 0 Å². The Balaban J connectivity index is 0.00000242.